The van der Waals surface area contributed by atoms with Crippen molar-refractivity contribution < 1.29 is 24.2 Å². The van der Waals surface area contributed by atoms with Crippen LogP contribution in [-0.4, -0.2) is 36.4 Å². The number of aliphatic hydroxyl groups is 1. The van der Waals surface area contributed by atoms with Gasteiger partial charge in [0.15, 0.2) is 6.10 Å². The Hall–Kier alpha value is -3.18. The molecule has 0 saturated carbocycles. The summed E-state index contributed by atoms with van der Waals surface area (Å²) in [7, 11) is 0. The van der Waals surface area contributed by atoms with Gasteiger partial charge in [0.2, 0.25) is 0 Å². The average Bonchev–Trinajstić information content (AvgIpc) is 3.31. The summed E-state index contributed by atoms with van der Waals surface area (Å²) in [4.78, 5) is 24.5. The molecule has 1 N–H and O–H groups in total. The van der Waals surface area contributed by atoms with Gasteiger partial charge in [-0.3, -0.25) is 9.59 Å². The van der Waals surface area contributed by atoms with Gasteiger partial charge in [0, 0.05) is 12.8 Å². The van der Waals surface area contributed by atoms with Crippen LogP contribution in [0, 0.1) is 0 Å². The molecular weight excluding hydrogens is 801 g/mol. The summed E-state index contributed by atoms with van der Waals surface area (Å²) in [6.07, 6.45) is 78.0. The number of carbonyl (C=O) groups excluding carboxylic acids is 2. The van der Waals surface area contributed by atoms with Gasteiger partial charge in [0.05, 0.1) is 6.61 Å². The normalized spacial score (nSPS) is 13.0. The predicted octanol–water partition coefficient (Wildman–Crippen LogP) is 18.4. The van der Waals surface area contributed by atoms with Gasteiger partial charge in [0.25, 0.3) is 0 Å². The predicted molar refractivity (Wildman–Crippen MR) is 283 cm³/mol. The van der Waals surface area contributed by atoms with E-state index >= 15 is 0 Å². The van der Waals surface area contributed by atoms with Gasteiger partial charge >= 0.3 is 11.9 Å². The number of carbonyl (C=O) groups is 2. The molecule has 0 rings (SSSR count). The minimum atomic E-state index is -0.780. The van der Waals surface area contributed by atoms with E-state index < -0.39 is 6.10 Å². The zero-order valence-corrected chi connectivity index (χ0v) is 42.5. The Balaban J connectivity index is 3.52. The van der Waals surface area contributed by atoms with E-state index in [1.165, 1.54) is 135 Å². The largest absolute Gasteiger partial charge is 0.462 e. The molecule has 0 aliphatic carbocycles. The van der Waals surface area contributed by atoms with Crippen LogP contribution in [0.15, 0.2) is 97.2 Å². The van der Waals surface area contributed by atoms with Gasteiger partial charge in [0.1, 0.15) is 6.61 Å². The van der Waals surface area contributed by atoms with Gasteiger partial charge in [-0.25, -0.2) is 0 Å². The summed E-state index contributed by atoms with van der Waals surface area (Å²) in [5, 5.41) is 9.64. The van der Waals surface area contributed by atoms with E-state index in [1.54, 1.807) is 0 Å². The summed E-state index contributed by atoms with van der Waals surface area (Å²) >= 11 is 0. The monoisotopic (exact) mass is 903 g/mol. The first-order valence-electron chi connectivity index (χ1n) is 27.3. The topological polar surface area (TPSA) is 72.8 Å². The molecule has 1 atom stereocenters. The molecule has 0 aliphatic rings. The molecule has 1 unspecified atom stereocenters. The van der Waals surface area contributed by atoms with Crippen molar-refractivity contribution in [3.05, 3.63) is 97.2 Å². The molecule has 0 aliphatic heterocycles. The highest BCUT2D eigenvalue weighted by atomic mass is 16.6. The third kappa shape index (κ3) is 53.3. The molecule has 0 aromatic carbocycles. The number of ether oxygens (including phenoxy) is 2. The van der Waals surface area contributed by atoms with E-state index in [-0.39, 0.29) is 25.2 Å². The number of unbranched alkanes of at least 4 members (excludes halogenated alkanes) is 25. The van der Waals surface area contributed by atoms with Crippen LogP contribution in [0.25, 0.3) is 0 Å². The highest BCUT2D eigenvalue weighted by molar-refractivity contribution is 5.70. The Morgan fingerprint density at radius 1 is 0.369 bits per heavy atom. The fraction of sp³-hybridized carbons (Fsp3) is 0.700. The van der Waals surface area contributed by atoms with Crippen LogP contribution in [-0.2, 0) is 19.1 Å². The lowest BCUT2D eigenvalue weighted by atomic mass is 10.0. The van der Waals surface area contributed by atoms with E-state index in [0.717, 1.165) is 89.9 Å². The molecule has 0 bridgehead atoms. The van der Waals surface area contributed by atoms with Crippen LogP contribution in [0.2, 0.25) is 0 Å². The number of aliphatic hydroxyl groups excluding tert-OH is 1. The smallest absolute Gasteiger partial charge is 0.306 e. The quantitative estimate of drug-likeness (QED) is 0.0374. The maximum atomic E-state index is 12.3. The third-order valence-electron chi connectivity index (χ3n) is 11.6. The summed E-state index contributed by atoms with van der Waals surface area (Å²) < 4.78 is 10.7. The first-order valence-corrected chi connectivity index (χ1v) is 27.3. The molecule has 0 spiro atoms. The van der Waals surface area contributed by atoms with Gasteiger partial charge in [-0.05, 0) is 96.3 Å². The lowest BCUT2D eigenvalue weighted by Crippen LogP contribution is -2.28. The summed E-state index contributed by atoms with van der Waals surface area (Å²) in [5.41, 5.74) is 0. The van der Waals surface area contributed by atoms with Crippen LogP contribution < -0.4 is 0 Å². The molecule has 372 valence electrons. The SMILES string of the molecule is CC/C=C\C/C=C\C/C=C\C/C=C\C/C=C\C/C=C\CCCCCCCCCCCCCCCCC(=O)OC(CO)COC(=O)CCCCCCCCC/C=C\C/C=C\CCCCCC. The van der Waals surface area contributed by atoms with Crippen molar-refractivity contribution in [1.82, 2.24) is 0 Å². The Morgan fingerprint density at radius 3 is 1.00 bits per heavy atom. The van der Waals surface area contributed by atoms with Gasteiger partial charge in [-0.1, -0.05) is 239 Å². The van der Waals surface area contributed by atoms with Crippen molar-refractivity contribution in [3.63, 3.8) is 0 Å². The molecular formula is C60H102O5. The molecule has 65 heavy (non-hydrogen) atoms. The summed E-state index contributed by atoms with van der Waals surface area (Å²) in [5.74, 6) is -0.599. The van der Waals surface area contributed by atoms with Crippen LogP contribution >= 0.6 is 0 Å². The second kappa shape index (κ2) is 55.1. The summed E-state index contributed by atoms with van der Waals surface area (Å²) in [6.45, 7) is 4.01. The van der Waals surface area contributed by atoms with Crippen LogP contribution in [0.5, 0.6) is 0 Å². The minimum Gasteiger partial charge on any atom is -0.462 e. The van der Waals surface area contributed by atoms with E-state index in [0.29, 0.717) is 12.8 Å². The Bertz CT molecular complexity index is 1250. The molecule has 0 aromatic rings. The van der Waals surface area contributed by atoms with Gasteiger partial charge in [-0.15, -0.1) is 0 Å². The fourth-order valence-corrected chi connectivity index (χ4v) is 7.53. The molecule has 0 fully saturated rings. The third-order valence-corrected chi connectivity index (χ3v) is 11.6. The Labute approximate surface area is 402 Å². The fourth-order valence-electron chi connectivity index (χ4n) is 7.53. The molecule has 0 aromatic heterocycles. The standard InChI is InChI=1S/C60H102O5/c1-3-5-7-9-11-13-15-17-19-21-23-24-25-26-27-28-29-30-31-32-33-34-35-36-37-39-41-43-45-47-49-51-53-55-60(63)65-58(56-61)57-64-59(62)54-52-50-48-46-44-42-40-38-22-20-18-16-14-12-10-8-6-4-2/h5,7,11,13-14,16-17,19-20,22-24,26-27,29-30,58,61H,3-4,6,8-10,12,15,18,21,25,28,31-57H2,1-2H3/b7-5-,13-11-,16-14-,19-17-,22-20-,24-23-,27-26-,30-29-. The first-order chi connectivity index (χ1) is 32.1. The molecule has 5 heteroatoms. The van der Waals surface area contributed by atoms with Crippen molar-refractivity contribution in [2.24, 2.45) is 0 Å². The average molecular weight is 903 g/mol. The molecule has 0 saturated heterocycles. The maximum absolute atomic E-state index is 12.3. The number of hydrogen-bond acceptors (Lipinski definition) is 5. The molecule has 0 radical (unpaired) electrons. The van der Waals surface area contributed by atoms with E-state index in [1.807, 2.05) is 0 Å². The molecule has 0 amide bonds. The second-order valence-corrected chi connectivity index (χ2v) is 17.9. The first kappa shape index (κ1) is 61.8. The van der Waals surface area contributed by atoms with E-state index in [2.05, 4.69) is 111 Å². The van der Waals surface area contributed by atoms with Crippen molar-refractivity contribution in [2.75, 3.05) is 13.2 Å². The van der Waals surface area contributed by atoms with Crippen LogP contribution in [0.4, 0.5) is 0 Å². The number of hydrogen-bond donors (Lipinski definition) is 1. The maximum Gasteiger partial charge on any atom is 0.306 e. The highest BCUT2D eigenvalue weighted by Gasteiger charge is 2.16. The highest BCUT2D eigenvalue weighted by Crippen LogP contribution is 2.15. The van der Waals surface area contributed by atoms with Gasteiger partial charge in [-0.2, -0.15) is 0 Å². The van der Waals surface area contributed by atoms with E-state index in [4.69, 9.17) is 9.47 Å². The zero-order chi connectivity index (χ0) is 47.0. The Morgan fingerprint density at radius 2 is 0.662 bits per heavy atom. The lowest BCUT2D eigenvalue weighted by molar-refractivity contribution is -0.161. The number of rotatable bonds is 49. The van der Waals surface area contributed by atoms with E-state index in [9.17, 15) is 14.7 Å². The van der Waals surface area contributed by atoms with Crippen molar-refractivity contribution >= 4 is 11.9 Å². The van der Waals surface area contributed by atoms with Crippen molar-refractivity contribution in [1.29, 1.82) is 0 Å². The zero-order valence-electron chi connectivity index (χ0n) is 42.5. The van der Waals surface area contributed by atoms with Gasteiger partial charge < -0.3 is 14.6 Å². The summed E-state index contributed by atoms with van der Waals surface area (Å²) in [6, 6.07) is 0. The van der Waals surface area contributed by atoms with Crippen molar-refractivity contribution in [2.45, 2.75) is 258 Å². The van der Waals surface area contributed by atoms with Crippen LogP contribution in [0.1, 0.15) is 251 Å². The number of esters is 2. The second-order valence-electron chi connectivity index (χ2n) is 17.9. The molecule has 5 nitrogen and oxygen atoms in total. The minimum absolute atomic E-state index is 0.0728. The number of allylic oxidation sites excluding steroid dienone is 16. The lowest BCUT2D eigenvalue weighted by Gasteiger charge is -2.15. The molecule has 0 heterocycles. The Kier molecular flexibility index (Phi) is 52.5. The van der Waals surface area contributed by atoms with Crippen LogP contribution in [0.3, 0.4) is 0 Å². The van der Waals surface area contributed by atoms with Crippen molar-refractivity contribution in [3.8, 4) is 0 Å².